The normalized spacial score (nSPS) is 11.2. The van der Waals surface area contributed by atoms with E-state index in [0.717, 1.165) is 26.2 Å². The summed E-state index contributed by atoms with van der Waals surface area (Å²) in [7, 11) is 0. The topological polar surface area (TPSA) is 57.8 Å². The van der Waals surface area contributed by atoms with Crippen molar-refractivity contribution in [2.75, 3.05) is 5.32 Å². The van der Waals surface area contributed by atoms with E-state index in [-0.39, 0.29) is 5.57 Å². The minimum absolute atomic E-state index is 0.0472. The van der Waals surface area contributed by atoms with Gasteiger partial charge in [0.15, 0.2) is 0 Å². The molecule has 3 aromatic rings. The monoisotopic (exact) mass is 501 g/mol. The number of carbonyl (C=O) groups excluding carboxylic acids is 1. The molecule has 1 aromatic heterocycles. The van der Waals surface area contributed by atoms with Crippen LogP contribution in [0.15, 0.2) is 60.2 Å². The average molecular weight is 502 g/mol. The van der Waals surface area contributed by atoms with Crippen LogP contribution in [0.5, 0.6) is 0 Å². The minimum atomic E-state index is -0.431. The third kappa shape index (κ3) is 4.29. The lowest BCUT2D eigenvalue weighted by molar-refractivity contribution is -0.112. The fourth-order valence-corrected chi connectivity index (χ4v) is 3.71. The summed E-state index contributed by atoms with van der Waals surface area (Å²) in [6.07, 6.45) is 1.62. The quantitative estimate of drug-likeness (QED) is 0.275. The van der Waals surface area contributed by atoms with Gasteiger partial charge >= 0.3 is 0 Å². The molecule has 0 saturated heterocycles. The molecular formula is C22H17ClIN3O. The second-order valence-electron chi connectivity index (χ2n) is 6.25. The highest BCUT2D eigenvalue weighted by Crippen LogP contribution is 2.25. The molecule has 28 heavy (non-hydrogen) atoms. The van der Waals surface area contributed by atoms with Gasteiger partial charge in [0.25, 0.3) is 5.91 Å². The Morgan fingerprint density at radius 3 is 2.61 bits per heavy atom. The maximum atomic E-state index is 12.6. The second-order valence-corrected chi connectivity index (χ2v) is 7.84. The van der Waals surface area contributed by atoms with E-state index in [4.69, 9.17) is 11.6 Å². The summed E-state index contributed by atoms with van der Waals surface area (Å²) in [6.45, 7) is 3.93. The summed E-state index contributed by atoms with van der Waals surface area (Å²) in [5, 5.41) is 13.0. The number of nitrogens with one attached hydrogen (secondary N) is 1. The minimum Gasteiger partial charge on any atom is -0.320 e. The summed E-state index contributed by atoms with van der Waals surface area (Å²) in [5.41, 5.74) is 4.39. The Balaban J connectivity index is 1.95. The van der Waals surface area contributed by atoms with Crippen molar-refractivity contribution in [3.05, 3.63) is 85.7 Å². The molecule has 0 atom stereocenters. The van der Waals surface area contributed by atoms with Gasteiger partial charge < -0.3 is 9.88 Å². The lowest BCUT2D eigenvalue weighted by atomic mass is 10.1. The molecule has 0 fully saturated rings. The molecule has 1 heterocycles. The van der Waals surface area contributed by atoms with E-state index in [2.05, 4.69) is 27.9 Å². The average Bonchev–Trinajstić information content (AvgIpc) is 2.94. The molecule has 6 heteroatoms. The molecule has 1 amide bonds. The van der Waals surface area contributed by atoms with Crippen molar-refractivity contribution in [3.63, 3.8) is 0 Å². The Bertz CT molecular complexity index is 1130. The molecule has 0 radical (unpaired) electrons. The van der Waals surface area contributed by atoms with Crippen LogP contribution in [0.25, 0.3) is 11.8 Å². The molecule has 2 aromatic carbocycles. The SMILES string of the molecule is Cc1cc(/C=C(\C#N)C(=O)Nc2ccccc2I)c(C)n1-c1cccc(Cl)c1. The number of para-hydroxylation sites is 1. The fourth-order valence-electron chi connectivity index (χ4n) is 3.00. The Hall–Kier alpha value is -2.56. The summed E-state index contributed by atoms with van der Waals surface area (Å²) in [6, 6.07) is 19.0. The molecule has 1 N–H and O–H groups in total. The Kier molecular flexibility index (Phi) is 6.22. The molecule has 0 aliphatic rings. The van der Waals surface area contributed by atoms with Gasteiger partial charge in [-0.05, 0) is 84.5 Å². The zero-order valence-corrected chi connectivity index (χ0v) is 18.2. The maximum absolute atomic E-state index is 12.6. The highest BCUT2D eigenvalue weighted by molar-refractivity contribution is 14.1. The number of carbonyl (C=O) groups is 1. The molecular weight excluding hydrogens is 485 g/mol. The highest BCUT2D eigenvalue weighted by atomic mass is 127. The highest BCUT2D eigenvalue weighted by Gasteiger charge is 2.15. The number of halogens is 2. The van der Waals surface area contributed by atoms with Crippen LogP contribution in [0.4, 0.5) is 5.69 Å². The molecule has 4 nitrogen and oxygen atoms in total. The van der Waals surface area contributed by atoms with Crippen molar-refractivity contribution in [1.29, 1.82) is 5.26 Å². The van der Waals surface area contributed by atoms with Gasteiger partial charge in [-0.3, -0.25) is 4.79 Å². The van der Waals surface area contributed by atoms with E-state index in [9.17, 15) is 10.1 Å². The standard InChI is InChI=1S/C22H17ClIN3O/c1-14-10-16(15(2)27(14)19-7-5-6-18(23)12-19)11-17(13-25)22(28)26-21-9-4-3-8-20(21)24/h3-12H,1-2H3,(H,26,28)/b17-11+. The summed E-state index contributed by atoms with van der Waals surface area (Å²) >= 11 is 8.27. The summed E-state index contributed by atoms with van der Waals surface area (Å²) in [4.78, 5) is 12.6. The van der Waals surface area contributed by atoms with Crippen LogP contribution in [0, 0.1) is 28.7 Å². The lowest BCUT2D eigenvalue weighted by Crippen LogP contribution is -2.14. The molecule has 0 saturated carbocycles. The van der Waals surface area contributed by atoms with Crippen molar-refractivity contribution in [3.8, 4) is 11.8 Å². The number of amides is 1. The Morgan fingerprint density at radius 2 is 1.93 bits per heavy atom. The number of benzene rings is 2. The van der Waals surface area contributed by atoms with Crippen LogP contribution in [0.2, 0.25) is 5.02 Å². The third-order valence-electron chi connectivity index (χ3n) is 4.32. The predicted molar refractivity (Wildman–Crippen MR) is 122 cm³/mol. The van der Waals surface area contributed by atoms with Crippen LogP contribution in [-0.2, 0) is 4.79 Å². The van der Waals surface area contributed by atoms with E-state index in [1.165, 1.54) is 0 Å². The first kappa shape index (κ1) is 20.2. The van der Waals surface area contributed by atoms with Gasteiger partial charge in [-0.2, -0.15) is 5.26 Å². The molecule has 0 aliphatic carbocycles. The molecule has 0 unspecified atom stereocenters. The molecule has 0 aliphatic heterocycles. The van der Waals surface area contributed by atoms with E-state index >= 15 is 0 Å². The van der Waals surface area contributed by atoms with E-state index in [0.29, 0.717) is 10.7 Å². The second kappa shape index (κ2) is 8.63. The number of rotatable bonds is 4. The summed E-state index contributed by atoms with van der Waals surface area (Å²) in [5.74, 6) is -0.431. The van der Waals surface area contributed by atoms with E-state index < -0.39 is 5.91 Å². The van der Waals surface area contributed by atoms with Gasteiger partial charge in [-0.1, -0.05) is 29.8 Å². The van der Waals surface area contributed by atoms with Gasteiger partial charge in [0.2, 0.25) is 0 Å². The molecule has 140 valence electrons. The molecule has 3 rings (SSSR count). The lowest BCUT2D eigenvalue weighted by Gasteiger charge is -2.10. The predicted octanol–water partition coefficient (Wildman–Crippen LogP) is 5.90. The van der Waals surface area contributed by atoms with Gasteiger partial charge in [0.05, 0.1) is 5.69 Å². The Labute approximate surface area is 182 Å². The number of aryl methyl sites for hydroxylation is 1. The van der Waals surface area contributed by atoms with Gasteiger partial charge in [-0.25, -0.2) is 0 Å². The Morgan fingerprint density at radius 1 is 1.18 bits per heavy atom. The molecule has 0 bridgehead atoms. The third-order valence-corrected chi connectivity index (χ3v) is 5.50. The van der Waals surface area contributed by atoms with Crippen LogP contribution < -0.4 is 5.32 Å². The van der Waals surface area contributed by atoms with Crippen molar-refractivity contribution in [2.45, 2.75) is 13.8 Å². The van der Waals surface area contributed by atoms with Gasteiger partial charge in [0, 0.05) is 25.7 Å². The van der Waals surface area contributed by atoms with Crippen molar-refractivity contribution in [2.24, 2.45) is 0 Å². The smallest absolute Gasteiger partial charge is 0.266 e. The maximum Gasteiger partial charge on any atom is 0.266 e. The number of nitriles is 1. The number of hydrogen-bond acceptors (Lipinski definition) is 2. The van der Waals surface area contributed by atoms with E-state index in [1.807, 2.05) is 73.0 Å². The first-order valence-electron chi connectivity index (χ1n) is 8.53. The van der Waals surface area contributed by atoms with Crippen molar-refractivity contribution in [1.82, 2.24) is 4.57 Å². The zero-order valence-electron chi connectivity index (χ0n) is 15.3. The number of aromatic nitrogens is 1. The number of hydrogen-bond donors (Lipinski definition) is 1. The summed E-state index contributed by atoms with van der Waals surface area (Å²) < 4.78 is 2.95. The van der Waals surface area contributed by atoms with Crippen LogP contribution >= 0.6 is 34.2 Å². The molecule has 0 spiro atoms. The number of nitrogens with zero attached hydrogens (tertiary/aromatic N) is 2. The van der Waals surface area contributed by atoms with Crippen molar-refractivity contribution < 1.29 is 4.79 Å². The van der Waals surface area contributed by atoms with Crippen LogP contribution in [-0.4, -0.2) is 10.5 Å². The number of anilines is 1. The first-order chi connectivity index (χ1) is 13.4. The van der Waals surface area contributed by atoms with Gasteiger partial charge in [0.1, 0.15) is 11.6 Å². The zero-order chi connectivity index (χ0) is 20.3. The largest absolute Gasteiger partial charge is 0.320 e. The van der Waals surface area contributed by atoms with Gasteiger partial charge in [-0.15, -0.1) is 0 Å². The van der Waals surface area contributed by atoms with Crippen LogP contribution in [0.1, 0.15) is 17.0 Å². The van der Waals surface area contributed by atoms with E-state index in [1.54, 1.807) is 12.1 Å². The van der Waals surface area contributed by atoms with Crippen LogP contribution in [0.3, 0.4) is 0 Å². The van der Waals surface area contributed by atoms with Crippen molar-refractivity contribution >= 4 is 51.9 Å². The fraction of sp³-hybridized carbons (Fsp3) is 0.0909. The first-order valence-corrected chi connectivity index (χ1v) is 9.99.